The number of aryl methyl sites for hydroxylation is 1. The van der Waals surface area contributed by atoms with E-state index in [4.69, 9.17) is 9.47 Å². The van der Waals surface area contributed by atoms with E-state index >= 15 is 0 Å². The van der Waals surface area contributed by atoms with E-state index in [9.17, 15) is 13.2 Å². The SMILES string of the molecule is COc1ccccc1NS(=O)(=O)c1cc(C(=O)NCc2cccnc2OC)ccc1C. The van der Waals surface area contributed by atoms with Crippen LogP contribution in [0.25, 0.3) is 0 Å². The summed E-state index contributed by atoms with van der Waals surface area (Å²) in [5.41, 5.74) is 1.74. The van der Waals surface area contributed by atoms with Crippen molar-refractivity contribution in [2.75, 3.05) is 18.9 Å². The van der Waals surface area contributed by atoms with Crippen molar-refractivity contribution in [3.63, 3.8) is 0 Å². The van der Waals surface area contributed by atoms with Gasteiger partial charge >= 0.3 is 0 Å². The van der Waals surface area contributed by atoms with Gasteiger partial charge in [0.05, 0.1) is 24.8 Å². The number of ether oxygens (including phenoxy) is 2. The van der Waals surface area contributed by atoms with Crippen molar-refractivity contribution in [2.24, 2.45) is 0 Å². The zero-order chi connectivity index (χ0) is 22.4. The summed E-state index contributed by atoms with van der Waals surface area (Å²) < 4.78 is 38.9. The third kappa shape index (κ3) is 5.13. The van der Waals surface area contributed by atoms with Gasteiger partial charge in [-0.3, -0.25) is 9.52 Å². The number of carbonyl (C=O) groups is 1. The molecule has 0 saturated heterocycles. The van der Waals surface area contributed by atoms with Crippen LogP contribution in [0, 0.1) is 6.92 Å². The van der Waals surface area contributed by atoms with E-state index in [0.717, 1.165) is 0 Å². The number of rotatable bonds is 8. The number of para-hydroxylation sites is 2. The summed E-state index contributed by atoms with van der Waals surface area (Å²) in [7, 11) is -0.992. The molecule has 0 saturated carbocycles. The minimum atomic E-state index is -3.95. The van der Waals surface area contributed by atoms with Crippen molar-refractivity contribution in [2.45, 2.75) is 18.4 Å². The molecule has 0 spiro atoms. The van der Waals surface area contributed by atoms with Crippen molar-refractivity contribution in [3.8, 4) is 11.6 Å². The maximum atomic E-state index is 13.0. The minimum absolute atomic E-state index is 0.00464. The van der Waals surface area contributed by atoms with Gasteiger partial charge in [0.25, 0.3) is 15.9 Å². The average Bonchev–Trinajstić information content (AvgIpc) is 2.78. The zero-order valence-electron chi connectivity index (χ0n) is 17.4. The molecular weight excluding hydrogens is 418 g/mol. The fourth-order valence-electron chi connectivity index (χ4n) is 2.98. The Morgan fingerprint density at radius 1 is 1.03 bits per heavy atom. The Labute approximate surface area is 181 Å². The van der Waals surface area contributed by atoms with E-state index in [1.807, 2.05) is 0 Å². The highest BCUT2D eigenvalue weighted by atomic mass is 32.2. The summed E-state index contributed by atoms with van der Waals surface area (Å²) in [5, 5.41) is 2.76. The summed E-state index contributed by atoms with van der Waals surface area (Å²) in [6.45, 7) is 1.85. The van der Waals surface area contributed by atoms with E-state index in [2.05, 4.69) is 15.0 Å². The molecule has 162 valence electrons. The number of aromatic nitrogens is 1. The molecule has 8 nitrogen and oxygen atoms in total. The van der Waals surface area contributed by atoms with Crippen LogP contribution in [-0.2, 0) is 16.6 Å². The number of sulfonamides is 1. The molecule has 1 aromatic heterocycles. The lowest BCUT2D eigenvalue weighted by Gasteiger charge is -2.14. The van der Waals surface area contributed by atoms with Crippen LogP contribution in [0.5, 0.6) is 11.6 Å². The first-order valence-corrected chi connectivity index (χ1v) is 10.9. The summed E-state index contributed by atoms with van der Waals surface area (Å²) >= 11 is 0. The summed E-state index contributed by atoms with van der Waals surface area (Å²) in [4.78, 5) is 16.8. The second kappa shape index (κ2) is 9.48. The predicted molar refractivity (Wildman–Crippen MR) is 117 cm³/mol. The molecule has 1 amide bonds. The van der Waals surface area contributed by atoms with Crippen LogP contribution in [0.2, 0.25) is 0 Å². The molecule has 0 fully saturated rings. The van der Waals surface area contributed by atoms with Gasteiger partial charge in [-0.25, -0.2) is 13.4 Å². The van der Waals surface area contributed by atoms with Crippen molar-refractivity contribution < 1.29 is 22.7 Å². The second-order valence-corrected chi connectivity index (χ2v) is 8.29. The van der Waals surface area contributed by atoms with Gasteiger partial charge in [0, 0.05) is 23.9 Å². The van der Waals surface area contributed by atoms with Crippen LogP contribution in [0.3, 0.4) is 0 Å². The van der Waals surface area contributed by atoms with E-state index in [-0.39, 0.29) is 17.0 Å². The Morgan fingerprint density at radius 2 is 1.81 bits per heavy atom. The predicted octanol–water partition coefficient (Wildman–Crippen LogP) is 3.14. The Morgan fingerprint density at radius 3 is 2.55 bits per heavy atom. The minimum Gasteiger partial charge on any atom is -0.495 e. The Bertz CT molecular complexity index is 1200. The number of hydrogen-bond donors (Lipinski definition) is 2. The molecule has 0 atom stereocenters. The van der Waals surface area contributed by atoms with Gasteiger partial charge in [-0.2, -0.15) is 0 Å². The third-order valence-electron chi connectivity index (χ3n) is 4.57. The number of carbonyl (C=O) groups excluding carboxylic acids is 1. The van der Waals surface area contributed by atoms with Gasteiger partial charge in [-0.05, 0) is 42.8 Å². The van der Waals surface area contributed by atoms with Gasteiger partial charge < -0.3 is 14.8 Å². The molecular formula is C22H23N3O5S. The highest BCUT2D eigenvalue weighted by Crippen LogP contribution is 2.27. The van der Waals surface area contributed by atoms with E-state index in [1.54, 1.807) is 61.7 Å². The molecule has 0 aliphatic heterocycles. The monoisotopic (exact) mass is 441 g/mol. The zero-order valence-corrected chi connectivity index (χ0v) is 18.2. The smallest absolute Gasteiger partial charge is 0.262 e. The van der Waals surface area contributed by atoms with Gasteiger partial charge in [-0.15, -0.1) is 0 Å². The van der Waals surface area contributed by atoms with Crippen molar-refractivity contribution in [1.29, 1.82) is 0 Å². The summed E-state index contributed by atoms with van der Waals surface area (Å²) in [6, 6.07) is 14.7. The Hall–Kier alpha value is -3.59. The van der Waals surface area contributed by atoms with E-state index in [1.165, 1.54) is 20.3 Å². The summed E-state index contributed by atoms with van der Waals surface area (Å²) in [6.07, 6.45) is 1.59. The van der Waals surface area contributed by atoms with Crippen molar-refractivity contribution in [1.82, 2.24) is 10.3 Å². The second-order valence-electron chi connectivity index (χ2n) is 6.64. The molecule has 0 radical (unpaired) electrons. The normalized spacial score (nSPS) is 10.9. The number of pyridine rings is 1. The lowest BCUT2D eigenvalue weighted by Crippen LogP contribution is -2.24. The molecule has 3 rings (SSSR count). The van der Waals surface area contributed by atoms with Crippen molar-refractivity contribution >= 4 is 21.6 Å². The third-order valence-corrected chi connectivity index (χ3v) is 6.08. The van der Waals surface area contributed by atoms with Crippen LogP contribution in [0.4, 0.5) is 5.69 Å². The number of methoxy groups -OCH3 is 2. The first-order valence-electron chi connectivity index (χ1n) is 9.38. The fourth-order valence-corrected chi connectivity index (χ4v) is 4.32. The molecule has 0 bridgehead atoms. The van der Waals surface area contributed by atoms with Crippen LogP contribution >= 0.6 is 0 Å². The van der Waals surface area contributed by atoms with Crippen LogP contribution in [0.1, 0.15) is 21.5 Å². The molecule has 31 heavy (non-hydrogen) atoms. The standard InChI is InChI=1S/C22H23N3O5S/c1-15-10-11-16(21(26)24-14-17-7-6-12-23-22(17)30-3)13-20(15)31(27,28)25-18-8-4-5-9-19(18)29-2/h4-13,25H,14H2,1-3H3,(H,24,26). The molecule has 1 heterocycles. The quantitative estimate of drug-likeness (QED) is 0.556. The molecule has 0 aliphatic rings. The van der Waals surface area contributed by atoms with Gasteiger partial charge in [-0.1, -0.05) is 24.3 Å². The van der Waals surface area contributed by atoms with Crippen molar-refractivity contribution in [3.05, 3.63) is 77.5 Å². The van der Waals surface area contributed by atoms with Gasteiger partial charge in [0.1, 0.15) is 5.75 Å². The molecule has 9 heteroatoms. The van der Waals surface area contributed by atoms with Crippen LogP contribution < -0.4 is 19.5 Å². The first-order chi connectivity index (χ1) is 14.9. The average molecular weight is 442 g/mol. The number of hydrogen-bond acceptors (Lipinski definition) is 6. The number of anilines is 1. The maximum absolute atomic E-state index is 13.0. The number of nitrogens with zero attached hydrogens (tertiary/aromatic N) is 1. The van der Waals surface area contributed by atoms with Gasteiger partial charge in [0.2, 0.25) is 5.88 Å². The number of nitrogens with one attached hydrogen (secondary N) is 2. The topological polar surface area (TPSA) is 107 Å². The largest absolute Gasteiger partial charge is 0.495 e. The first kappa shape index (κ1) is 22.1. The maximum Gasteiger partial charge on any atom is 0.262 e. The Kier molecular flexibility index (Phi) is 6.76. The molecule has 0 aliphatic carbocycles. The van der Waals surface area contributed by atoms with E-state index in [0.29, 0.717) is 28.4 Å². The summed E-state index contributed by atoms with van der Waals surface area (Å²) in [5.74, 6) is 0.388. The number of benzene rings is 2. The molecule has 3 aromatic rings. The lowest BCUT2D eigenvalue weighted by atomic mass is 10.1. The molecule has 2 N–H and O–H groups in total. The van der Waals surface area contributed by atoms with Crippen LogP contribution in [0.15, 0.2) is 65.7 Å². The Balaban J connectivity index is 1.83. The molecule has 2 aromatic carbocycles. The van der Waals surface area contributed by atoms with Gasteiger partial charge in [0.15, 0.2) is 0 Å². The fraction of sp³-hybridized carbons (Fsp3) is 0.182. The lowest BCUT2D eigenvalue weighted by molar-refractivity contribution is 0.0950. The number of amides is 1. The molecule has 0 unspecified atom stereocenters. The highest BCUT2D eigenvalue weighted by molar-refractivity contribution is 7.92. The van der Waals surface area contributed by atoms with E-state index < -0.39 is 15.9 Å². The highest BCUT2D eigenvalue weighted by Gasteiger charge is 2.21. The van der Waals surface area contributed by atoms with Crippen LogP contribution in [-0.4, -0.2) is 33.5 Å².